The van der Waals surface area contributed by atoms with Crippen LogP contribution in [0, 0.1) is 53.3 Å². The molecule has 0 N–H and O–H groups in total. The lowest BCUT2D eigenvalue weighted by atomic mass is 9.90. The van der Waals surface area contributed by atoms with Crippen LogP contribution >= 0.6 is 0 Å². The second-order valence-corrected chi connectivity index (χ2v) is 18.3. The average molecular weight is 770 g/mol. The molecule has 0 amide bonds. The molecule has 0 aromatic heterocycles. The van der Waals surface area contributed by atoms with Crippen LogP contribution in [0.1, 0.15) is 299 Å². The van der Waals surface area contributed by atoms with E-state index in [1.807, 2.05) is 0 Å². The van der Waals surface area contributed by atoms with E-state index in [4.69, 9.17) is 0 Å². The summed E-state index contributed by atoms with van der Waals surface area (Å²) in [6.45, 7) is 48.3. The highest BCUT2D eigenvalue weighted by atomic mass is 14.1. The maximum Gasteiger partial charge on any atom is -0.0417 e. The first kappa shape index (κ1) is 65.8. The first-order valence-corrected chi connectivity index (χ1v) is 25.6. The van der Waals surface area contributed by atoms with Gasteiger partial charge < -0.3 is 0 Å². The summed E-state index contributed by atoms with van der Waals surface area (Å²) in [5.41, 5.74) is 0. The maximum atomic E-state index is 2.36. The first-order chi connectivity index (χ1) is 25.6. The fourth-order valence-corrected chi connectivity index (χ4v) is 6.34. The normalized spacial score (nSPS) is 14.0. The molecule has 0 saturated heterocycles. The van der Waals surface area contributed by atoms with Gasteiger partial charge in [0.25, 0.3) is 0 Å². The minimum Gasteiger partial charge on any atom is -0.0654 e. The summed E-state index contributed by atoms with van der Waals surface area (Å²) in [6, 6.07) is 0. The average Bonchev–Trinajstić information content (AvgIpc) is 3.21. The fourth-order valence-electron chi connectivity index (χ4n) is 6.34. The third kappa shape index (κ3) is 58.7. The Morgan fingerprint density at radius 1 is 0.222 bits per heavy atom. The lowest BCUT2D eigenvalue weighted by Gasteiger charge is -2.16. The van der Waals surface area contributed by atoms with Crippen LogP contribution in [0.4, 0.5) is 0 Å². The topological polar surface area (TPSA) is 0 Å². The van der Waals surface area contributed by atoms with Crippen molar-refractivity contribution < 1.29 is 0 Å². The van der Waals surface area contributed by atoms with Crippen LogP contribution in [-0.4, -0.2) is 0 Å². The molecule has 0 aliphatic rings. The molecule has 0 fully saturated rings. The molecule has 0 radical (unpaired) electrons. The Hall–Kier alpha value is 0. The largest absolute Gasteiger partial charge is 0.0654 e. The highest BCUT2D eigenvalue weighted by molar-refractivity contribution is 4.61. The van der Waals surface area contributed by atoms with Crippen molar-refractivity contribution in [3.8, 4) is 0 Å². The summed E-state index contributed by atoms with van der Waals surface area (Å²) in [5, 5.41) is 0. The molecule has 0 heterocycles. The van der Waals surface area contributed by atoms with E-state index in [0.717, 1.165) is 53.3 Å². The molecule has 0 aromatic rings. The predicted molar refractivity (Wildman–Crippen MR) is 261 cm³/mol. The molecule has 336 valence electrons. The van der Waals surface area contributed by atoms with Crippen LogP contribution < -0.4 is 0 Å². The van der Waals surface area contributed by atoms with Gasteiger partial charge in [0.1, 0.15) is 0 Å². The molecule has 0 aromatic carbocycles. The second-order valence-electron chi connectivity index (χ2n) is 18.3. The van der Waals surface area contributed by atoms with E-state index in [1.165, 1.54) is 154 Å². The van der Waals surface area contributed by atoms with Gasteiger partial charge in [-0.15, -0.1) is 0 Å². The Kier molecular flexibility index (Phi) is 67.2. The maximum absolute atomic E-state index is 2.36. The van der Waals surface area contributed by atoms with Gasteiger partial charge in [-0.25, -0.2) is 0 Å². The van der Waals surface area contributed by atoms with Gasteiger partial charge in [-0.1, -0.05) is 280 Å². The molecule has 0 spiro atoms. The smallest absolute Gasteiger partial charge is 0.0417 e. The summed E-state index contributed by atoms with van der Waals surface area (Å²) in [5.74, 6) is 8.61. The molecule has 0 aliphatic carbocycles. The quantitative estimate of drug-likeness (QED) is 0.0781. The monoisotopic (exact) mass is 769 g/mol. The summed E-state index contributed by atoms with van der Waals surface area (Å²) in [4.78, 5) is 0. The SMILES string of the molecule is CCC(C)CC(CC)CC.CCC(C)CC(CC)CC.CCC(C)CC(CC)CC.CCCCC(C)CC.CCCCC(C)CC.CCCCC(C)CC. The van der Waals surface area contributed by atoms with Crippen LogP contribution in [-0.2, 0) is 0 Å². The van der Waals surface area contributed by atoms with Gasteiger partial charge in [-0.2, -0.15) is 0 Å². The van der Waals surface area contributed by atoms with E-state index >= 15 is 0 Å². The Morgan fingerprint density at radius 2 is 0.389 bits per heavy atom. The van der Waals surface area contributed by atoms with Crippen molar-refractivity contribution in [1.82, 2.24) is 0 Å². The van der Waals surface area contributed by atoms with E-state index in [0.29, 0.717) is 0 Å². The molecule has 6 unspecified atom stereocenters. The summed E-state index contributed by atoms with van der Waals surface area (Å²) >= 11 is 0. The predicted octanol–water partition coefficient (Wildman–Crippen LogP) is 21.2. The molecule has 0 aliphatic heterocycles. The van der Waals surface area contributed by atoms with Gasteiger partial charge in [0.05, 0.1) is 0 Å². The molecule has 0 rings (SSSR count). The van der Waals surface area contributed by atoms with Crippen LogP contribution in [0.15, 0.2) is 0 Å². The van der Waals surface area contributed by atoms with Crippen molar-refractivity contribution >= 4 is 0 Å². The van der Waals surface area contributed by atoms with Crippen LogP contribution in [0.5, 0.6) is 0 Å². The van der Waals surface area contributed by atoms with E-state index in [1.54, 1.807) is 0 Å². The highest BCUT2D eigenvalue weighted by Crippen LogP contribution is 2.22. The Bertz CT molecular complexity index is 486. The zero-order valence-electron chi connectivity index (χ0n) is 43.2. The van der Waals surface area contributed by atoms with E-state index in [9.17, 15) is 0 Å². The number of unbranched alkanes of at least 4 members (excludes halogenated alkanes) is 3. The molecular weight excluding hydrogens is 649 g/mol. The van der Waals surface area contributed by atoms with Crippen molar-refractivity contribution in [2.75, 3.05) is 0 Å². The molecule has 0 heteroatoms. The lowest BCUT2D eigenvalue weighted by Crippen LogP contribution is -2.03. The standard InChI is InChI=1S/3C10H22.3C8H18/c3*1-5-9(4)8-10(6-2)7-3;3*1-4-6-7-8(3)5-2/h3*9-10H,5-8H2,1-4H3;3*8H,4-7H2,1-3H3. The molecule has 0 nitrogen and oxygen atoms in total. The summed E-state index contributed by atoms with van der Waals surface area (Å²) in [7, 11) is 0. The minimum absolute atomic E-state index is 0.935. The number of rotatable bonds is 27. The van der Waals surface area contributed by atoms with Crippen LogP contribution in [0.25, 0.3) is 0 Å². The molecule has 6 atom stereocenters. The van der Waals surface area contributed by atoms with Crippen molar-refractivity contribution in [1.29, 1.82) is 0 Å². The zero-order chi connectivity index (χ0) is 43.2. The van der Waals surface area contributed by atoms with E-state index in [2.05, 4.69) is 145 Å². The van der Waals surface area contributed by atoms with Gasteiger partial charge in [0.2, 0.25) is 0 Å². The van der Waals surface area contributed by atoms with Crippen LogP contribution in [0.2, 0.25) is 0 Å². The third-order valence-corrected chi connectivity index (χ3v) is 13.0. The Balaban J connectivity index is -0.000000128. The van der Waals surface area contributed by atoms with Crippen molar-refractivity contribution in [2.24, 2.45) is 53.3 Å². The molecular formula is C54H120. The van der Waals surface area contributed by atoms with Gasteiger partial charge in [-0.3, -0.25) is 0 Å². The van der Waals surface area contributed by atoms with E-state index in [-0.39, 0.29) is 0 Å². The van der Waals surface area contributed by atoms with Gasteiger partial charge in [-0.05, 0) is 72.5 Å². The molecule has 0 bridgehead atoms. The van der Waals surface area contributed by atoms with Crippen molar-refractivity contribution in [2.45, 2.75) is 299 Å². The van der Waals surface area contributed by atoms with Crippen LogP contribution in [0.3, 0.4) is 0 Å². The summed E-state index contributed by atoms with van der Waals surface area (Å²) < 4.78 is 0. The van der Waals surface area contributed by atoms with Gasteiger partial charge >= 0.3 is 0 Å². The zero-order valence-corrected chi connectivity index (χ0v) is 43.2. The Morgan fingerprint density at radius 3 is 0.500 bits per heavy atom. The minimum atomic E-state index is 0.935. The molecule has 0 saturated carbocycles. The van der Waals surface area contributed by atoms with Crippen molar-refractivity contribution in [3.05, 3.63) is 0 Å². The lowest BCUT2D eigenvalue weighted by molar-refractivity contribution is 0.364. The van der Waals surface area contributed by atoms with E-state index < -0.39 is 0 Å². The van der Waals surface area contributed by atoms with Gasteiger partial charge in [0.15, 0.2) is 0 Å². The fraction of sp³-hybridized carbons (Fsp3) is 1.00. The second kappa shape index (κ2) is 55.1. The Labute approximate surface area is 351 Å². The first-order valence-electron chi connectivity index (χ1n) is 25.6. The third-order valence-electron chi connectivity index (χ3n) is 13.0. The summed E-state index contributed by atoms with van der Waals surface area (Å²) in [6.07, 6.45) is 33.1. The number of hydrogen-bond acceptors (Lipinski definition) is 0. The number of hydrogen-bond donors (Lipinski definition) is 0. The van der Waals surface area contributed by atoms with Gasteiger partial charge in [0, 0.05) is 0 Å². The van der Waals surface area contributed by atoms with Crippen molar-refractivity contribution in [3.63, 3.8) is 0 Å². The highest BCUT2D eigenvalue weighted by Gasteiger charge is 2.09. The molecule has 54 heavy (non-hydrogen) atoms.